The largest absolute Gasteiger partial charge is 0.481 e. The fraction of sp³-hybridized carbons (Fsp3) is 0.639. The van der Waals surface area contributed by atoms with Gasteiger partial charge in [0.15, 0.2) is 0 Å². The number of fused-ring (bicyclic) bond motifs is 5. The third-order valence-electron chi connectivity index (χ3n) is 12.8. The highest BCUT2D eigenvalue weighted by molar-refractivity contribution is 5.66. The van der Waals surface area contributed by atoms with Crippen LogP contribution in [0, 0.1) is 46.3 Å². The van der Waals surface area contributed by atoms with Crippen molar-refractivity contribution in [3.8, 4) is 11.1 Å². The topological polar surface area (TPSA) is 57.5 Å². The number of aliphatic hydroxyl groups is 1. The van der Waals surface area contributed by atoms with Crippen LogP contribution in [0.5, 0.6) is 0 Å². The van der Waals surface area contributed by atoms with Gasteiger partial charge in [-0.1, -0.05) is 75.4 Å². The summed E-state index contributed by atoms with van der Waals surface area (Å²) in [5, 5.41) is 21.1. The van der Waals surface area contributed by atoms with Crippen LogP contribution in [0.1, 0.15) is 90.5 Å². The van der Waals surface area contributed by atoms with Crippen LogP contribution in [0.15, 0.2) is 54.6 Å². The molecule has 0 aliphatic heterocycles. The van der Waals surface area contributed by atoms with Crippen LogP contribution < -0.4 is 0 Å². The zero-order valence-corrected chi connectivity index (χ0v) is 24.8. The lowest BCUT2D eigenvalue weighted by Gasteiger charge is -2.64. The number of halogens is 2. The normalized spacial score (nSPS) is 40.2. The third kappa shape index (κ3) is 4.75. The Labute approximate surface area is 243 Å². The van der Waals surface area contributed by atoms with E-state index in [1.165, 1.54) is 0 Å². The first-order valence-corrected chi connectivity index (χ1v) is 15.9. The summed E-state index contributed by atoms with van der Waals surface area (Å²) in [6.45, 7) is 6.64. The first kappa shape index (κ1) is 28.8. The van der Waals surface area contributed by atoms with E-state index in [0.29, 0.717) is 25.2 Å². The Morgan fingerprint density at radius 3 is 2.22 bits per heavy atom. The number of benzene rings is 2. The van der Waals surface area contributed by atoms with Crippen LogP contribution in [0.3, 0.4) is 0 Å². The molecule has 0 radical (unpaired) electrons. The molecule has 222 valence electrons. The number of aliphatic carboxylic acids is 1. The van der Waals surface area contributed by atoms with Gasteiger partial charge in [-0.15, -0.1) is 0 Å². The first-order valence-electron chi connectivity index (χ1n) is 15.9. The molecule has 3 nitrogen and oxygen atoms in total. The van der Waals surface area contributed by atoms with Crippen LogP contribution in [-0.2, 0) is 10.4 Å². The molecule has 2 N–H and O–H groups in total. The minimum atomic E-state index is -2.75. The second-order valence-corrected chi connectivity index (χ2v) is 14.7. The number of carbonyl (C=O) groups is 1. The monoisotopic (exact) mass is 564 g/mol. The zero-order chi connectivity index (χ0) is 29.2. The van der Waals surface area contributed by atoms with Gasteiger partial charge in [-0.05, 0) is 108 Å². The molecule has 2 aromatic carbocycles. The molecule has 41 heavy (non-hydrogen) atoms. The Kier molecular flexibility index (Phi) is 7.15. The van der Waals surface area contributed by atoms with E-state index >= 15 is 8.78 Å². The van der Waals surface area contributed by atoms with Crippen molar-refractivity contribution < 1.29 is 23.8 Å². The van der Waals surface area contributed by atoms with E-state index in [1.807, 2.05) is 42.5 Å². The minimum absolute atomic E-state index is 0.0161. The van der Waals surface area contributed by atoms with E-state index in [4.69, 9.17) is 0 Å². The Bertz CT molecular complexity index is 1260. The molecule has 9 atom stereocenters. The molecule has 4 saturated carbocycles. The molecule has 6 rings (SSSR count). The van der Waals surface area contributed by atoms with Gasteiger partial charge in [0, 0.05) is 18.8 Å². The van der Waals surface area contributed by atoms with Gasteiger partial charge in [0.1, 0.15) is 0 Å². The van der Waals surface area contributed by atoms with Gasteiger partial charge in [0.25, 0.3) is 5.92 Å². The maximum absolute atomic E-state index is 16.4. The van der Waals surface area contributed by atoms with E-state index in [1.54, 1.807) is 0 Å². The number of carboxylic acids is 1. The lowest BCUT2D eigenvalue weighted by atomic mass is 9.42. The van der Waals surface area contributed by atoms with Crippen molar-refractivity contribution in [2.24, 2.45) is 46.3 Å². The van der Waals surface area contributed by atoms with Crippen molar-refractivity contribution in [2.45, 2.75) is 96.5 Å². The van der Waals surface area contributed by atoms with Crippen LogP contribution in [0.2, 0.25) is 0 Å². The fourth-order valence-electron chi connectivity index (χ4n) is 10.5. The maximum atomic E-state index is 16.4. The molecule has 2 aromatic rings. The van der Waals surface area contributed by atoms with Crippen molar-refractivity contribution in [3.63, 3.8) is 0 Å². The second kappa shape index (κ2) is 10.2. The van der Waals surface area contributed by atoms with Crippen molar-refractivity contribution in [2.75, 3.05) is 0 Å². The highest BCUT2D eigenvalue weighted by Gasteiger charge is 2.69. The van der Waals surface area contributed by atoms with Crippen LogP contribution in [-0.4, -0.2) is 22.1 Å². The van der Waals surface area contributed by atoms with E-state index in [2.05, 4.69) is 32.9 Å². The van der Waals surface area contributed by atoms with Crippen LogP contribution >= 0.6 is 0 Å². The molecule has 0 spiro atoms. The average molecular weight is 565 g/mol. The molecular formula is C36H46F2O3. The molecule has 4 aliphatic carbocycles. The van der Waals surface area contributed by atoms with Crippen molar-refractivity contribution in [1.82, 2.24) is 0 Å². The van der Waals surface area contributed by atoms with Crippen LogP contribution in [0.25, 0.3) is 11.1 Å². The van der Waals surface area contributed by atoms with Crippen molar-refractivity contribution >= 4 is 5.97 Å². The summed E-state index contributed by atoms with van der Waals surface area (Å²) in [7, 11) is 0. The summed E-state index contributed by atoms with van der Waals surface area (Å²) in [5.74, 6) is -3.87. The summed E-state index contributed by atoms with van der Waals surface area (Å²) in [5.41, 5.74) is 1.62. The molecule has 0 amide bonds. The molecular weight excluding hydrogens is 518 g/mol. The molecule has 0 unspecified atom stereocenters. The standard InChI is InChI=1S/C36H46F2O3/c1-23(9-16-31(39)40)28-14-15-29-32-30(17-18-34(28,29)3)33(2)19-20-35(41,21-27(33)22-36(32,37)38)26-12-10-25(11-13-26)24-7-5-4-6-8-24/h4-8,10-13,23,27-30,32,41H,9,14-22H2,1-3H3,(H,39,40)/t23-,27+,28-,29+,30+,32+,33+,34-,35+/m1/s1. The van der Waals surface area contributed by atoms with E-state index in [-0.39, 0.29) is 47.3 Å². The lowest BCUT2D eigenvalue weighted by molar-refractivity contribution is -0.247. The minimum Gasteiger partial charge on any atom is -0.481 e. The Balaban J connectivity index is 1.23. The number of rotatable bonds is 6. The van der Waals surface area contributed by atoms with Gasteiger partial charge in [-0.25, -0.2) is 8.78 Å². The van der Waals surface area contributed by atoms with Crippen molar-refractivity contribution in [1.29, 1.82) is 0 Å². The SMILES string of the molecule is C[C@H](CCC(=O)O)[C@H]1CC[C@H]2[C@H]3[C@H](CC[C@]12C)[C@@]1(C)CC[C@@](O)(c2ccc(-c4ccccc4)cc2)C[C@H]1CC3(F)F. The fourth-order valence-corrected chi connectivity index (χ4v) is 10.5. The Morgan fingerprint density at radius 2 is 1.54 bits per heavy atom. The van der Waals surface area contributed by atoms with Gasteiger partial charge < -0.3 is 10.2 Å². The third-order valence-corrected chi connectivity index (χ3v) is 12.8. The quantitative estimate of drug-likeness (QED) is 0.368. The van der Waals surface area contributed by atoms with E-state index in [0.717, 1.165) is 48.8 Å². The predicted octanol–water partition coefficient (Wildman–Crippen LogP) is 8.95. The van der Waals surface area contributed by atoms with Gasteiger partial charge in [-0.3, -0.25) is 4.79 Å². The van der Waals surface area contributed by atoms with Gasteiger partial charge in [-0.2, -0.15) is 0 Å². The first-order chi connectivity index (χ1) is 19.4. The molecule has 5 heteroatoms. The molecule has 4 fully saturated rings. The zero-order valence-electron chi connectivity index (χ0n) is 24.8. The second-order valence-electron chi connectivity index (χ2n) is 14.7. The highest BCUT2D eigenvalue weighted by Crippen LogP contribution is 2.72. The predicted molar refractivity (Wildman–Crippen MR) is 157 cm³/mol. The molecule has 0 heterocycles. The Morgan fingerprint density at radius 1 is 0.878 bits per heavy atom. The molecule has 0 aromatic heterocycles. The Hall–Kier alpha value is -2.27. The number of hydrogen-bond donors (Lipinski definition) is 2. The number of carboxylic acid groups (broad SMARTS) is 1. The van der Waals surface area contributed by atoms with Crippen molar-refractivity contribution in [3.05, 3.63) is 60.2 Å². The number of hydrogen-bond acceptors (Lipinski definition) is 2. The summed E-state index contributed by atoms with van der Waals surface area (Å²) in [6.07, 6.45) is 5.93. The molecule has 0 saturated heterocycles. The van der Waals surface area contributed by atoms with Gasteiger partial charge >= 0.3 is 5.97 Å². The van der Waals surface area contributed by atoms with E-state index < -0.39 is 23.4 Å². The number of alkyl halides is 2. The lowest BCUT2D eigenvalue weighted by Crippen LogP contribution is -2.61. The smallest absolute Gasteiger partial charge is 0.303 e. The van der Waals surface area contributed by atoms with Crippen LogP contribution in [0.4, 0.5) is 8.78 Å². The summed E-state index contributed by atoms with van der Waals surface area (Å²) >= 11 is 0. The van der Waals surface area contributed by atoms with Gasteiger partial charge in [0.05, 0.1) is 5.60 Å². The molecule has 4 aliphatic rings. The summed E-state index contributed by atoms with van der Waals surface area (Å²) in [4.78, 5) is 11.2. The average Bonchev–Trinajstić information content (AvgIpc) is 3.30. The van der Waals surface area contributed by atoms with Gasteiger partial charge in [0.2, 0.25) is 0 Å². The summed E-state index contributed by atoms with van der Waals surface area (Å²) < 4.78 is 32.8. The maximum Gasteiger partial charge on any atom is 0.303 e. The highest BCUT2D eigenvalue weighted by atomic mass is 19.3. The molecule has 0 bridgehead atoms. The summed E-state index contributed by atoms with van der Waals surface area (Å²) in [6, 6.07) is 18.2. The van der Waals surface area contributed by atoms with E-state index in [9.17, 15) is 15.0 Å².